The molecule has 0 saturated carbocycles. The third-order valence-electron chi connectivity index (χ3n) is 2.89. The van der Waals surface area contributed by atoms with E-state index in [0.717, 1.165) is 4.90 Å². The molecule has 1 aromatic rings. The number of halogens is 4. The van der Waals surface area contributed by atoms with Gasteiger partial charge in [-0.05, 0) is 0 Å². The molecule has 0 aliphatic rings. The molecule has 0 spiro atoms. The van der Waals surface area contributed by atoms with Gasteiger partial charge in [0.25, 0.3) is 5.69 Å². The molecule has 0 atom stereocenters. The number of nitro benzene ring substituents is 2. The lowest BCUT2D eigenvalue weighted by Crippen LogP contribution is -2.26. The highest BCUT2D eigenvalue weighted by atomic mass is 35.5. The molecule has 0 aliphatic carbocycles. The minimum absolute atomic E-state index is 0.102. The second-order valence-electron chi connectivity index (χ2n) is 4.45. The van der Waals surface area contributed by atoms with Crippen molar-refractivity contribution in [2.75, 3.05) is 18.0 Å². The van der Waals surface area contributed by atoms with Crippen LogP contribution in [0.5, 0.6) is 0 Å². The lowest BCUT2D eigenvalue weighted by molar-refractivity contribution is -0.392. The molecule has 1 rings (SSSR count). The average molecular weight is 366 g/mol. The first-order valence-electron chi connectivity index (χ1n) is 6.25. The van der Waals surface area contributed by atoms with Crippen LogP contribution in [-0.4, -0.2) is 22.9 Å². The van der Waals surface area contributed by atoms with Crippen molar-refractivity contribution in [3.63, 3.8) is 0 Å². The quantitative estimate of drug-likeness (QED) is 0.407. The lowest BCUT2D eigenvalue weighted by atomic mass is 10.1. The van der Waals surface area contributed by atoms with E-state index in [-0.39, 0.29) is 19.2 Å². The third-order valence-corrected chi connectivity index (χ3v) is 3.27. The Morgan fingerprint density at radius 1 is 1.17 bits per heavy atom. The van der Waals surface area contributed by atoms with Crippen molar-refractivity contribution >= 4 is 28.7 Å². The van der Waals surface area contributed by atoms with Crippen LogP contribution in [0.3, 0.4) is 0 Å². The van der Waals surface area contributed by atoms with E-state index < -0.39 is 43.7 Å². The molecular formula is C13H11ClF3N3O4. The van der Waals surface area contributed by atoms with Crippen LogP contribution in [0.4, 0.5) is 30.2 Å². The highest BCUT2D eigenvalue weighted by molar-refractivity contribution is 6.34. The Labute approximate surface area is 138 Å². The summed E-state index contributed by atoms with van der Waals surface area (Å²) in [4.78, 5) is 21.2. The average Bonchev–Trinajstić information content (AvgIpc) is 2.44. The van der Waals surface area contributed by atoms with Crippen LogP contribution in [0.2, 0.25) is 5.02 Å². The molecule has 0 N–H and O–H groups in total. The maximum atomic E-state index is 13.0. The standard InChI is InChI=1S/C13H11ClF3N3O4/c1-3-5-18(6-4-2)11-9(19(21)22)7-8(13(15,16)17)10(14)12(11)20(23)24/h3-4,7H,1-2,5-6H2. The summed E-state index contributed by atoms with van der Waals surface area (Å²) in [7, 11) is 0. The minimum atomic E-state index is -5.09. The molecule has 7 nitrogen and oxygen atoms in total. The summed E-state index contributed by atoms with van der Waals surface area (Å²) in [5, 5.41) is 21.2. The molecule has 0 fully saturated rings. The van der Waals surface area contributed by atoms with E-state index in [9.17, 15) is 33.4 Å². The van der Waals surface area contributed by atoms with Crippen LogP contribution in [0.25, 0.3) is 0 Å². The largest absolute Gasteiger partial charge is 0.418 e. The van der Waals surface area contributed by atoms with Gasteiger partial charge in [-0.1, -0.05) is 23.8 Å². The zero-order valence-corrected chi connectivity index (χ0v) is 12.8. The molecule has 0 bridgehead atoms. The van der Waals surface area contributed by atoms with Crippen LogP contribution in [-0.2, 0) is 6.18 Å². The Bertz CT molecular complexity index is 697. The fraction of sp³-hybridized carbons (Fsp3) is 0.231. The van der Waals surface area contributed by atoms with Gasteiger partial charge in [0.1, 0.15) is 5.02 Å². The molecule has 0 unspecified atom stereocenters. The summed E-state index contributed by atoms with van der Waals surface area (Å²) in [5.41, 5.74) is -4.56. The van der Waals surface area contributed by atoms with Crippen molar-refractivity contribution in [3.05, 3.63) is 62.2 Å². The lowest BCUT2D eigenvalue weighted by Gasteiger charge is -2.22. The number of hydrogen-bond donors (Lipinski definition) is 0. The van der Waals surface area contributed by atoms with Gasteiger partial charge in [0.2, 0.25) is 0 Å². The molecular weight excluding hydrogens is 355 g/mol. The number of benzene rings is 1. The van der Waals surface area contributed by atoms with Gasteiger partial charge >= 0.3 is 11.9 Å². The zero-order valence-electron chi connectivity index (χ0n) is 12.0. The van der Waals surface area contributed by atoms with Crippen molar-refractivity contribution in [1.29, 1.82) is 0 Å². The summed E-state index contributed by atoms with van der Waals surface area (Å²) in [6.07, 6.45) is -2.53. The number of nitrogens with zero attached hydrogens (tertiary/aromatic N) is 3. The van der Waals surface area contributed by atoms with Crippen LogP contribution < -0.4 is 4.90 Å². The van der Waals surface area contributed by atoms with Gasteiger partial charge in [0.15, 0.2) is 5.69 Å². The van der Waals surface area contributed by atoms with Gasteiger partial charge in [-0.2, -0.15) is 13.2 Å². The number of nitro groups is 2. The van der Waals surface area contributed by atoms with Gasteiger partial charge in [-0.25, -0.2) is 0 Å². The van der Waals surface area contributed by atoms with E-state index >= 15 is 0 Å². The van der Waals surface area contributed by atoms with Crippen molar-refractivity contribution in [2.45, 2.75) is 6.18 Å². The van der Waals surface area contributed by atoms with E-state index in [1.54, 1.807) is 0 Å². The van der Waals surface area contributed by atoms with Gasteiger partial charge in [0.05, 0.1) is 15.4 Å². The van der Waals surface area contributed by atoms with E-state index in [1.165, 1.54) is 12.2 Å². The normalized spacial score (nSPS) is 11.0. The summed E-state index contributed by atoms with van der Waals surface area (Å²) >= 11 is 5.55. The highest BCUT2D eigenvalue weighted by Gasteiger charge is 2.43. The van der Waals surface area contributed by atoms with E-state index in [2.05, 4.69) is 13.2 Å². The Morgan fingerprint density at radius 2 is 1.67 bits per heavy atom. The van der Waals surface area contributed by atoms with E-state index in [1.807, 2.05) is 0 Å². The highest BCUT2D eigenvalue weighted by Crippen LogP contribution is 2.48. The fourth-order valence-corrected chi connectivity index (χ4v) is 2.33. The van der Waals surface area contributed by atoms with Gasteiger partial charge in [-0.15, -0.1) is 13.2 Å². The van der Waals surface area contributed by atoms with Crippen LogP contribution in [0.1, 0.15) is 5.56 Å². The second-order valence-corrected chi connectivity index (χ2v) is 4.83. The Morgan fingerprint density at radius 3 is 2.00 bits per heavy atom. The molecule has 0 aliphatic heterocycles. The second kappa shape index (κ2) is 7.30. The van der Waals surface area contributed by atoms with E-state index in [0.29, 0.717) is 0 Å². The summed E-state index contributed by atoms with van der Waals surface area (Å²) < 4.78 is 39.0. The maximum Gasteiger partial charge on any atom is 0.418 e. The van der Waals surface area contributed by atoms with Crippen molar-refractivity contribution in [1.82, 2.24) is 0 Å². The molecule has 0 heterocycles. The Kier molecular flexibility index (Phi) is 5.91. The van der Waals surface area contributed by atoms with Crippen molar-refractivity contribution < 1.29 is 23.0 Å². The van der Waals surface area contributed by atoms with Gasteiger partial charge in [-0.3, -0.25) is 20.2 Å². The first kappa shape index (κ1) is 19.4. The smallest absolute Gasteiger partial charge is 0.353 e. The fourth-order valence-electron chi connectivity index (χ4n) is 2.01. The number of rotatable bonds is 7. The molecule has 130 valence electrons. The Hall–Kier alpha value is -2.62. The molecule has 0 aromatic heterocycles. The summed E-state index contributed by atoms with van der Waals surface area (Å²) in [6.45, 7) is 6.61. The number of anilines is 1. The van der Waals surface area contributed by atoms with Crippen LogP contribution in [0.15, 0.2) is 31.4 Å². The molecule has 0 radical (unpaired) electrons. The minimum Gasteiger partial charge on any atom is -0.353 e. The third kappa shape index (κ3) is 3.82. The molecule has 0 amide bonds. The van der Waals surface area contributed by atoms with Crippen LogP contribution in [0, 0.1) is 20.2 Å². The molecule has 24 heavy (non-hydrogen) atoms. The molecule has 11 heteroatoms. The summed E-state index contributed by atoms with van der Waals surface area (Å²) in [5.74, 6) is 0. The predicted octanol–water partition coefficient (Wildman–Crippen LogP) is 4.35. The topological polar surface area (TPSA) is 89.5 Å². The summed E-state index contributed by atoms with van der Waals surface area (Å²) in [6, 6.07) is 0.184. The SMILES string of the molecule is C=CCN(CC=C)c1c([N+](=O)[O-])cc(C(F)(F)F)c(Cl)c1[N+](=O)[O-]. The van der Waals surface area contributed by atoms with Crippen molar-refractivity contribution in [2.24, 2.45) is 0 Å². The van der Waals surface area contributed by atoms with Crippen molar-refractivity contribution in [3.8, 4) is 0 Å². The Balaban J connectivity index is 3.93. The first-order chi connectivity index (χ1) is 11.1. The molecule has 0 saturated heterocycles. The zero-order chi connectivity index (χ0) is 18.7. The maximum absolute atomic E-state index is 13.0. The predicted molar refractivity (Wildman–Crippen MR) is 82.4 cm³/mol. The molecule has 1 aromatic carbocycles. The van der Waals surface area contributed by atoms with Crippen LogP contribution >= 0.6 is 11.6 Å². The van der Waals surface area contributed by atoms with Gasteiger partial charge in [0, 0.05) is 19.2 Å². The number of hydrogen-bond acceptors (Lipinski definition) is 5. The van der Waals surface area contributed by atoms with E-state index in [4.69, 9.17) is 11.6 Å². The monoisotopic (exact) mass is 365 g/mol. The number of alkyl halides is 3. The van der Waals surface area contributed by atoms with Gasteiger partial charge < -0.3 is 4.90 Å². The first-order valence-corrected chi connectivity index (χ1v) is 6.63.